The lowest BCUT2D eigenvalue weighted by molar-refractivity contribution is 0.434. The minimum atomic E-state index is -0.339. The summed E-state index contributed by atoms with van der Waals surface area (Å²) in [5.41, 5.74) is 5.95. The van der Waals surface area contributed by atoms with Gasteiger partial charge < -0.3 is 10.7 Å². The maximum atomic E-state index is 13.4. The fourth-order valence-electron chi connectivity index (χ4n) is 3.93. The second kappa shape index (κ2) is 9.92. The fraction of sp³-hybridized carbons (Fsp3) is 0.240. The number of rotatable bonds is 9. The van der Waals surface area contributed by atoms with Crippen LogP contribution in [0.2, 0.25) is 0 Å². The summed E-state index contributed by atoms with van der Waals surface area (Å²) in [6.45, 7) is 6.92. The zero-order valence-electron chi connectivity index (χ0n) is 17.2. The summed E-state index contributed by atoms with van der Waals surface area (Å²) in [5, 5.41) is 11.5. The molecule has 0 fully saturated rings. The van der Waals surface area contributed by atoms with E-state index in [1.54, 1.807) is 0 Å². The van der Waals surface area contributed by atoms with Gasteiger partial charge in [0, 0.05) is 29.6 Å². The SMILES string of the molecule is C=CC1(Cc2ccc(F)cc2)CC(C=N)=C(Nc2ccc(C)cc2)C=C1CCNS. The van der Waals surface area contributed by atoms with E-state index >= 15 is 0 Å². The molecular formula is C25H28FN3S. The maximum Gasteiger partial charge on any atom is 0.123 e. The normalized spacial score (nSPS) is 18.7. The van der Waals surface area contributed by atoms with E-state index in [1.807, 2.05) is 30.3 Å². The van der Waals surface area contributed by atoms with Crippen LogP contribution in [0, 0.1) is 23.6 Å². The van der Waals surface area contributed by atoms with Gasteiger partial charge in [-0.25, -0.2) is 4.39 Å². The Morgan fingerprint density at radius 2 is 1.87 bits per heavy atom. The van der Waals surface area contributed by atoms with E-state index in [2.05, 4.69) is 54.6 Å². The fourth-order valence-corrected chi connectivity index (χ4v) is 4.04. The Hall–Kier alpha value is -2.63. The second-order valence-corrected chi connectivity index (χ2v) is 8.06. The number of aryl methyl sites for hydroxylation is 1. The lowest BCUT2D eigenvalue weighted by Crippen LogP contribution is -2.30. The molecule has 1 aliphatic rings. The van der Waals surface area contributed by atoms with Gasteiger partial charge in [0.05, 0.1) is 0 Å². The van der Waals surface area contributed by atoms with Crippen molar-refractivity contribution in [1.82, 2.24) is 4.72 Å². The van der Waals surface area contributed by atoms with Crippen molar-refractivity contribution in [2.24, 2.45) is 5.41 Å². The number of allylic oxidation sites excluding steroid dienone is 3. The van der Waals surface area contributed by atoms with E-state index in [1.165, 1.54) is 29.5 Å². The molecule has 1 aliphatic carbocycles. The zero-order valence-corrected chi connectivity index (χ0v) is 18.1. The first-order valence-corrected chi connectivity index (χ1v) is 10.5. The van der Waals surface area contributed by atoms with Gasteiger partial charge in [-0.3, -0.25) is 4.72 Å². The Balaban J connectivity index is 1.97. The van der Waals surface area contributed by atoms with Crippen LogP contribution >= 0.6 is 12.8 Å². The van der Waals surface area contributed by atoms with Crippen LogP contribution in [0.15, 0.2) is 84.1 Å². The highest BCUT2D eigenvalue weighted by Crippen LogP contribution is 2.45. The minimum Gasteiger partial charge on any atom is -0.355 e. The molecule has 3 N–H and O–H groups in total. The van der Waals surface area contributed by atoms with Gasteiger partial charge in [-0.05, 0) is 67.7 Å². The number of anilines is 1. The third-order valence-electron chi connectivity index (χ3n) is 5.64. The van der Waals surface area contributed by atoms with Crippen molar-refractivity contribution in [2.75, 3.05) is 11.9 Å². The number of thiol groups is 1. The van der Waals surface area contributed by atoms with Gasteiger partial charge in [-0.15, -0.1) is 6.58 Å². The highest BCUT2D eigenvalue weighted by Gasteiger charge is 2.35. The highest BCUT2D eigenvalue weighted by atomic mass is 32.1. The lowest BCUT2D eigenvalue weighted by Gasteiger charge is -2.38. The Kier molecular flexibility index (Phi) is 7.29. The summed E-state index contributed by atoms with van der Waals surface area (Å²) >= 11 is 4.16. The molecular weight excluding hydrogens is 393 g/mol. The highest BCUT2D eigenvalue weighted by molar-refractivity contribution is 7.78. The zero-order chi connectivity index (χ0) is 21.6. The van der Waals surface area contributed by atoms with Crippen LogP contribution < -0.4 is 10.0 Å². The molecule has 3 rings (SSSR count). The molecule has 0 aromatic heterocycles. The molecule has 156 valence electrons. The Labute approximate surface area is 183 Å². The van der Waals surface area contributed by atoms with Crippen molar-refractivity contribution in [3.05, 3.63) is 101 Å². The van der Waals surface area contributed by atoms with E-state index in [-0.39, 0.29) is 11.2 Å². The summed E-state index contributed by atoms with van der Waals surface area (Å²) < 4.78 is 16.3. The molecule has 0 bridgehead atoms. The molecule has 5 heteroatoms. The first kappa shape index (κ1) is 22.1. The van der Waals surface area contributed by atoms with Crippen LogP contribution in [0.3, 0.4) is 0 Å². The molecule has 0 spiro atoms. The molecule has 3 nitrogen and oxygen atoms in total. The predicted molar refractivity (Wildman–Crippen MR) is 128 cm³/mol. The predicted octanol–water partition coefficient (Wildman–Crippen LogP) is 6.02. The summed E-state index contributed by atoms with van der Waals surface area (Å²) in [4.78, 5) is 0. The summed E-state index contributed by atoms with van der Waals surface area (Å²) in [6, 6.07) is 14.8. The van der Waals surface area contributed by atoms with Crippen molar-refractivity contribution < 1.29 is 4.39 Å². The Bertz CT molecular complexity index is 961. The molecule has 2 aromatic carbocycles. The van der Waals surface area contributed by atoms with Gasteiger partial charge in [0.15, 0.2) is 0 Å². The molecule has 2 aromatic rings. The number of nitrogens with one attached hydrogen (secondary N) is 3. The van der Waals surface area contributed by atoms with E-state index in [9.17, 15) is 4.39 Å². The van der Waals surface area contributed by atoms with Gasteiger partial charge in [-0.2, -0.15) is 0 Å². The smallest absolute Gasteiger partial charge is 0.123 e. The average Bonchev–Trinajstić information content (AvgIpc) is 2.76. The molecule has 0 amide bonds. The van der Waals surface area contributed by atoms with Crippen molar-refractivity contribution in [1.29, 1.82) is 5.41 Å². The maximum absolute atomic E-state index is 13.4. The van der Waals surface area contributed by atoms with Gasteiger partial charge in [0.25, 0.3) is 0 Å². The monoisotopic (exact) mass is 421 g/mol. The van der Waals surface area contributed by atoms with Crippen LogP contribution in [0.5, 0.6) is 0 Å². The van der Waals surface area contributed by atoms with E-state index < -0.39 is 0 Å². The third-order valence-corrected chi connectivity index (χ3v) is 5.87. The molecule has 0 saturated heterocycles. The molecule has 1 atom stereocenters. The van der Waals surface area contributed by atoms with Crippen LogP contribution in [0.1, 0.15) is 24.0 Å². The van der Waals surface area contributed by atoms with Crippen LogP contribution in [-0.4, -0.2) is 12.8 Å². The van der Waals surface area contributed by atoms with E-state index in [0.717, 1.165) is 28.9 Å². The van der Waals surface area contributed by atoms with Crippen molar-refractivity contribution in [3.8, 4) is 0 Å². The molecule has 0 aliphatic heterocycles. The number of hydrogen-bond acceptors (Lipinski definition) is 4. The minimum absolute atomic E-state index is 0.241. The van der Waals surface area contributed by atoms with Crippen LogP contribution in [-0.2, 0) is 6.42 Å². The standard InChI is InChI=1S/C25H28FN3S/c1-3-25(15-19-6-8-22(26)9-7-19)16-20(17-27)24(14-21(25)12-13-28-30)29-23-10-4-18(2)5-11-23/h3-11,14,17,27-30H,1,12-13,15-16H2,2H3. The molecule has 0 saturated carbocycles. The summed E-state index contributed by atoms with van der Waals surface area (Å²) in [5.74, 6) is -0.241. The number of hydrogen-bond donors (Lipinski definition) is 4. The van der Waals surface area contributed by atoms with Gasteiger partial charge in [0.2, 0.25) is 0 Å². The third kappa shape index (κ3) is 5.10. The lowest BCUT2D eigenvalue weighted by atomic mass is 9.67. The summed E-state index contributed by atoms with van der Waals surface area (Å²) in [6.07, 6.45) is 7.69. The molecule has 0 heterocycles. The van der Waals surface area contributed by atoms with Crippen LogP contribution in [0.4, 0.5) is 10.1 Å². The first-order chi connectivity index (χ1) is 14.5. The molecule has 1 unspecified atom stereocenters. The number of benzene rings is 2. The Morgan fingerprint density at radius 1 is 1.17 bits per heavy atom. The van der Waals surface area contributed by atoms with Crippen LogP contribution in [0.25, 0.3) is 0 Å². The van der Waals surface area contributed by atoms with Crippen molar-refractivity contribution >= 4 is 24.7 Å². The van der Waals surface area contributed by atoms with E-state index in [0.29, 0.717) is 19.4 Å². The number of halogens is 1. The molecule has 0 radical (unpaired) electrons. The Morgan fingerprint density at radius 3 is 2.47 bits per heavy atom. The van der Waals surface area contributed by atoms with Crippen molar-refractivity contribution in [3.63, 3.8) is 0 Å². The van der Waals surface area contributed by atoms with Crippen molar-refractivity contribution in [2.45, 2.75) is 26.2 Å². The second-order valence-electron chi connectivity index (χ2n) is 7.74. The topological polar surface area (TPSA) is 47.9 Å². The largest absolute Gasteiger partial charge is 0.355 e. The van der Waals surface area contributed by atoms with Gasteiger partial charge in [-0.1, -0.05) is 54.3 Å². The average molecular weight is 422 g/mol. The molecule has 30 heavy (non-hydrogen) atoms. The van der Waals surface area contributed by atoms with Gasteiger partial charge in [0.1, 0.15) is 5.82 Å². The first-order valence-electron chi connectivity index (χ1n) is 10.0. The van der Waals surface area contributed by atoms with E-state index in [4.69, 9.17) is 5.41 Å². The summed E-state index contributed by atoms with van der Waals surface area (Å²) in [7, 11) is 0. The quantitative estimate of drug-likeness (QED) is 0.227. The van der Waals surface area contributed by atoms with Gasteiger partial charge >= 0.3 is 0 Å².